The summed E-state index contributed by atoms with van der Waals surface area (Å²) in [6.45, 7) is 15.5. The monoisotopic (exact) mass is 582 g/mol. The van der Waals surface area contributed by atoms with E-state index in [1.807, 2.05) is 45.8 Å². The molecule has 5 unspecified atom stereocenters. The van der Waals surface area contributed by atoms with Crippen molar-refractivity contribution in [3.63, 3.8) is 0 Å². The van der Waals surface area contributed by atoms with Crippen LogP contribution in [0.5, 0.6) is 0 Å². The van der Waals surface area contributed by atoms with E-state index in [-0.39, 0.29) is 12.5 Å². The van der Waals surface area contributed by atoms with E-state index >= 15 is 4.39 Å². The smallest absolute Gasteiger partial charge is 0.322 e. The summed E-state index contributed by atoms with van der Waals surface area (Å²) in [4.78, 5) is 0. The van der Waals surface area contributed by atoms with Crippen LogP contribution in [-0.4, -0.2) is 83.8 Å². The molecule has 0 amide bonds. The van der Waals surface area contributed by atoms with Gasteiger partial charge in [-0.3, -0.25) is 0 Å². The van der Waals surface area contributed by atoms with E-state index in [0.717, 1.165) is 0 Å². The second kappa shape index (κ2) is 11.8. The lowest BCUT2D eigenvalue weighted by Gasteiger charge is -2.39. The summed E-state index contributed by atoms with van der Waals surface area (Å²) in [5.74, 6) is -2.39. The summed E-state index contributed by atoms with van der Waals surface area (Å²) in [5, 5.41) is 10.5. The Balaban J connectivity index is 1.94. The van der Waals surface area contributed by atoms with Crippen LogP contribution in [0.3, 0.4) is 0 Å². The van der Waals surface area contributed by atoms with Crippen molar-refractivity contribution in [2.45, 2.75) is 83.2 Å². The molecule has 2 aliphatic heterocycles. The Morgan fingerprint density at radius 2 is 1.03 bits per heavy atom. The fourth-order valence-electron chi connectivity index (χ4n) is 4.18. The van der Waals surface area contributed by atoms with Crippen LogP contribution < -0.4 is 0 Å². The Kier molecular flexibility index (Phi) is 10.9. The van der Waals surface area contributed by atoms with Crippen molar-refractivity contribution >= 4 is 72.8 Å². The molecular weight excluding hydrogens is 544 g/mol. The molecule has 0 saturated carbocycles. The molecule has 2 heterocycles. The van der Waals surface area contributed by atoms with Gasteiger partial charge in [0.1, 0.15) is 0 Å². The zero-order chi connectivity index (χ0) is 23.4. The number of aliphatic hydroxyl groups is 1. The van der Waals surface area contributed by atoms with Gasteiger partial charge in [0.05, 0.1) is 0 Å². The molecule has 2 fully saturated rings. The Bertz CT molecular complexity index is 553. The van der Waals surface area contributed by atoms with Crippen molar-refractivity contribution in [1.29, 1.82) is 0 Å². The highest BCUT2D eigenvalue weighted by atomic mass is 28.5. The highest BCUT2D eigenvalue weighted by Crippen LogP contribution is 2.33. The second-order valence-corrected chi connectivity index (χ2v) is 29.0. The third-order valence-corrected chi connectivity index (χ3v) is 33.0. The predicted octanol–water partition coefficient (Wildman–Crippen LogP) is 0.830. The van der Waals surface area contributed by atoms with Gasteiger partial charge in [0, 0.05) is 12.5 Å². The lowest BCUT2D eigenvalue weighted by molar-refractivity contribution is -0.0818. The average molecular weight is 583 g/mol. The van der Waals surface area contributed by atoms with Crippen molar-refractivity contribution in [3.05, 3.63) is 0 Å². The van der Waals surface area contributed by atoms with E-state index in [1.54, 1.807) is 6.55 Å². The lowest BCUT2D eigenvalue weighted by atomic mass is 10.2. The highest BCUT2D eigenvalue weighted by Gasteiger charge is 2.47. The molecule has 184 valence electrons. The third-order valence-electron chi connectivity index (χ3n) is 4.98. The highest BCUT2D eigenvalue weighted by molar-refractivity contribution is 6.82. The van der Waals surface area contributed by atoms with Crippen LogP contribution in [0.2, 0.25) is 64.5 Å². The molecular formula is C13H39FO9Si8. The molecule has 0 bridgehead atoms. The van der Waals surface area contributed by atoms with Gasteiger partial charge >= 0.3 is 17.1 Å². The predicted molar refractivity (Wildman–Crippen MR) is 135 cm³/mol. The van der Waals surface area contributed by atoms with Gasteiger partial charge in [0.15, 0.2) is 0 Å². The Morgan fingerprint density at radius 1 is 0.677 bits per heavy atom. The van der Waals surface area contributed by atoms with Crippen molar-refractivity contribution < 1.29 is 42.4 Å². The number of halogens is 1. The molecule has 1 N–H and O–H groups in total. The first-order valence-corrected chi connectivity index (χ1v) is 28.6. The summed E-state index contributed by atoms with van der Waals surface area (Å²) >= 11 is 0. The summed E-state index contributed by atoms with van der Waals surface area (Å²) in [7, 11) is -16.6. The first kappa shape index (κ1) is 28.5. The first-order valence-electron chi connectivity index (χ1n) is 10.9. The van der Waals surface area contributed by atoms with Gasteiger partial charge in [-0.05, 0) is 64.8 Å². The van der Waals surface area contributed by atoms with Gasteiger partial charge in [0.2, 0.25) is 5.85 Å². The molecule has 2 aliphatic rings. The summed E-state index contributed by atoms with van der Waals surface area (Å²) in [5.41, 5.74) is 0. The maximum absolute atomic E-state index is 15.2. The quantitative estimate of drug-likeness (QED) is 0.457. The molecule has 31 heavy (non-hydrogen) atoms. The van der Waals surface area contributed by atoms with Crippen LogP contribution in [0.15, 0.2) is 0 Å². The van der Waals surface area contributed by atoms with E-state index in [4.69, 9.17) is 32.9 Å². The van der Waals surface area contributed by atoms with Crippen molar-refractivity contribution in [3.8, 4) is 0 Å². The van der Waals surface area contributed by atoms with Crippen molar-refractivity contribution in [2.24, 2.45) is 0 Å². The number of hydrogen-bond donors (Lipinski definition) is 1. The number of hydrogen-bond acceptors (Lipinski definition) is 9. The molecule has 0 aromatic heterocycles. The fourth-order valence-corrected chi connectivity index (χ4v) is 33.6. The van der Waals surface area contributed by atoms with Crippen LogP contribution in [-0.2, 0) is 32.9 Å². The van der Waals surface area contributed by atoms with Crippen LogP contribution in [0.25, 0.3) is 0 Å². The Labute approximate surface area is 198 Å². The molecule has 9 nitrogen and oxygen atoms in total. The molecule has 0 aromatic rings. The first-order chi connectivity index (χ1) is 14.2. The fraction of sp³-hybridized carbons (Fsp3) is 1.00. The van der Waals surface area contributed by atoms with Gasteiger partial charge < -0.3 is 38.0 Å². The van der Waals surface area contributed by atoms with E-state index in [1.165, 1.54) is 0 Å². The van der Waals surface area contributed by atoms with Crippen LogP contribution in [0.1, 0.15) is 12.8 Å². The topological polar surface area (TPSA) is 94.1 Å². The zero-order valence-electron chi connectivity index (χ0n) is 19.9. The minimum atomic E-state index is -2.97. The summed E-state index contributed by atoms with van der Waals surface area (Å²) < 4.78 is 63.5. The molecule has 18 heteroatoms. The van der Waals surface area contributed by atoms with Gasteiger partial charge in [-0.1, -0.05) is 0 Å². The SMILES string of the molecule is C[SiH]1O[SiH](C)O[Si](C)(CCCC(O)(F)C[Si]2(C)O[SiH](C)O[SiH](C)O[SiH](C)O2)O[SiH](C)O1. The molecule has 2 saturated heterocycles. The third kappa shape index (κ3) is 10.2. The van der Waals surface area contributed by atoms with Crippen molar-refractivity contribution in [2.75, 3.05) is 0 Å². The number of rotatable bonds is 6. The maximum atomic E-state index is 15.2. The minimum Gasteiger partial charge on any atom is -0.420 e. The zero-order valence-corrected chi connectivity index (χ0v) is 28.8. The van der Waals surface area contributed by atoms with Gasteiger partial charge in [-0.15, -0.1) is 0 Å². The van der Waals surface area contributed by atoms with E-state index in [2.05, 4.69) is 0 Å². The van der Waals surface area contributed by atoms with Gasteiger partial charge in [-0.25, -0.2) is 4.39 Å². The lowest BCUT2D eigenvalue weighted by Crippen LogP contribution is -2.55. The maximum Gasteiger partial charge on any atom is 0.322 e. The van der Waals surface area contributed by atoms with E-state index in [0.29, 0.717) is 12.5 Å². The minimum absolute atomic E-state index is 0.0326. The van der Waals surface area contributed by atoms with Gasteiger partial charge in [-0.2, -0.15) is 0 Å². The molecule has 0 radical (unpaired) electrons. The standard InChI is InChI=1S/C13H39FO9Si8/c1-24-16-26(3)20-30(7,21-27(4)17-24)11-9-10-13(14,15)12-31(8)22-28(5)18-25(2)19-29(6)23-31/h15,24-29H,9-12H2,1-8H3. The molecule has 0 spiro atoms. The Morgan fingerprint density at radius 3 is 1.42 bits per heavy atom. The molecule has 2 rings (SSSR count). The van der Waals surface area contributed by atoms with E-state index in [9.17, 15) is 5.11 Å². The normalized spacial score (nSPS) is 45.1. The summed E-state index contributed by atoms with van der Waals surface area (Å²) in [6.07, 6.45) is 0.404. The van der Waals surface area contributed by atoms with Crippen LogP contribution in [0, 0.1) is 0 Å². The second-order valence-electron chi connectivity index (χ2n) is 8.64. The molecule has 5 atom stereocenters. The molecule has 0 aliphatic carbocycles. The van der Waals surface area contributed by atoms with Crippen LogP contribution in [0.4, 0.5) is 4.39 Å². The largest absolute Gasteiger partial charge is 0.420 e. The molecule has 0 aromatic carbocycles. The van der Waals surface area contributed by atoms with E-state index < -0.39 is 78.7 Å². The summed E-state index contributed by atoms with van der Waals surface area (Å²) in [6, 6.07) is 0.408. The van der Waals surface area contributed by atoms with Crippen LogP contribution >= 0.6 is 0 Å². The Hall–Kier alpha value is 1.31. The average Bonchev–Trinajstić information content (AvgIpc) is 2.48. The number of alkyl halides is 1. The van der Waals surface area contributed by atoms with Crippen molar-refractivity contribution in [1.82, 2.24) is 0 Å². The van der Waals surface area contributed by atoms with Gasteiger partial charge in [0.25, 0.3) is 55.7 Å².